The number of carbonyl (C=O) groups is 1. The molecule has 122 valence electrons. The van der Waals surface area contributed by atoms with Crippen molar-refractivity contribution in [2.45, 2.75) is 52.3 Å². The predicted molar refractivity (Wildman–Crippen MR) is 88.7 cm³/mol. The topological polar surface area (TPSA) is 41.6 Å². The molecule has 1 saturated heterocycles. The number of hydrogen-bond donors (Lipinski definition) is 1. The Hall–Kier alpha value is -1.55. The summed E-state index contributed by atoms with van der Waals surface area (Å²) < 4.78 is 5.38. The maximum absolute atomic E-state index is 12.0. The van der Waals surface area contributed by atoms with Crippen molar-refractivity contribution < 1.29 is 9.53 Å². The Morgan fingerprint density at radius 3 is 2.55 bits per heavy atom. The van der Waals surface area contributed by atoms with E-state index in [2.05, 4.69) is 41.4 Å². The van der Waals surface area contributed by atoms with E-state index in [4.69, 9.17) is 4.74 Å². The van der Waals surface area contributed by atoms with E-state index in [1.54, 1.807) is 0 Å². The van der Waals surface area contributed by atoms with Gasteiger partial charge in [-0.15, -0.1) is 0 Å². The Morgan fingerprint density at radius 1 is 1.27 bits per heavy atom. The molecule has 0 spiro atoms. The summed E-state index contributed by atoms with van der Waals surface area (Å²) in [7, 11) is 0. The second-order valence-corrected chi connectivity index (χ2v) is 7.10. The minimum atomic E-state index is -0.450. The average Bonchev–Trinajstić information content (AvgIpc) is 2.79. The lowest BCUT2D eigenvalue weighted by atomic mass is 10.0. The van der Waals surface area contributed by atoms with Crippen LogP contribution < -0.4 is 5.32 Å². The maximum Gasteiger partial charge on any atom is 0.407 e. The van der Waals surface area contributed by atoms with Gasteiger partial charge in [-0.25, -0.2) is 4.79 Å². The van der Waals surface area contributed by atoms with Crippen molar-refractivity contribution in [2.24, 2.45) is 5.92 Å². The van der Waals surface area contributed by atoms with Crippen molar-refractivity contribution in [1.82, 2.24) is 10.2 Å². The zero-order valence-corrected chi connectivity index (χ0v) is 14.1. The van der Waals surface area contributed by atoms with Crippen LogP contribution in [0.15, 0.2) is 30.3 Å². The second-order valence-electron chi connectivity index (χ2n) is 7.10. The molecule has 1 amide bonds. The Balaban J connectivity index is 1.90. The van der Waals surface area contributed by atoms with Gasteiger partial charge in [-0.2, -0.15) is 0 Å². The van der Waals surface area contributed by atoms with Crippen LogP contribution in [0.25, 0.3) is 0 Å². The predicted octanol–water partition coefficient (Wildman–Crippen LogP) is 3.42. The number of nitrogens with one attached hydrogen (secondary N) is 1. The molecule has 1 N–H and O–H groups in total. The van der Waals surface area contributed by atoms with E-state index in [9.17, 15) is 4.79 Å². The Kier molecular flexibility index (Phi) is 5.46. The number of benzene rings is 1. The summed E-state index contributed by atoms with van der Waals surface area (Å²) in [6.45, 7) is 10.7. The number of rotatable bonds is 4. The summed E-state index contributed by atoms with van der Waals surface area (Å²) >= 11 is 0. The van der Waals surface area contributed by atoms with Crippen LogP contribution in [0.3, 0.4) is 0 Å². The van der Waals surface area contributed by atoms with Gasteiger partial charge in [-0.3, -0.25) is 4.90 Å². The number of alkyl carbamates (subject to hydrolysis) is 1. The summed E-state index contributed by atoms with van der Waals surface area (Å²) in [5.41, 5.74) is 0.865. The largest absolute Gasteiger partial charge is 0.444 e. The van der Waals surface area contributed by atoms with Crippen LogP contribution in [0.4, 0.5) is 4.79 Å². The van der Waals surface area contributed by atoms with Crippen LogP contribution in [0.2, 0.25) is 0 Å². The zero-order valence-electron chi connectivity index (χ0n) is 14.1. The molecule has 1 aliphatic heterocycles. The van der Waals surface area contributed by atoms with Crippen LogP contribution in [0, 0.1) is 5.92 Å². The molecule has 22 heavy (non-hydrogen) atoms. The van der Waals surface area contributed by atoms with E-state index in [0.29, 0.717) is 5.92 Å². The van der Waals surface area contributed by atoms with Crippen molar-refractivity contribution in [3.05, 3.63) is 35.9 Å². The molecule has 1 fully saturated rings. The smallest absolute Gasteiger partial charge is 0.407 e. The highest BCUT2D eigenvalue weighted by molar-refractivity contribution is 5.68. The minimum Gasteiger partial charge on any atom is -0.444 e. The maximum atomic E-state index is 12.0. The number of amides is 1. The molecule has 1 aliphatic rings. The van der Waals surface area contributed by atoms with E-state index in [0.717, 1.165) is 26.1 Å². The standard InChI is InChI=1S/C18H28N2O2/c1-5-15-12-20(11-14-9-7-6-8-10-14)13-16(15)19-17(21)22-18(2,3)4/h6-10,15-16H,5,11-13H2,1-4H3,(H,19,21). The van der Waals surface area contributed by atoms with E-state index in [1.165, 1.54) is 5.56 Å². The fourth-order valence-corrected chi connectivity index (χ4v) is 2.97. The molecule has 2 rings (SSSR count). The number of likely N-dealkylation sites (tertiary alicyclic amines) is 1. The molecule has 1 aromatic rings. The highest BCUT2D eigenvalue weighted by Gasteiger charge is 2.33. The highest BCUT2D eigenvalue weighted by atomic mass is 16.6. The lowest BCUT2D eigenvalue weighted by Gasteiger charge is -2.23. The molecule has 0 aromatic heterocycles. The molecule has 1 heterocycles. The Morgan fingerprint density at radius 2 is 1.95 bits per heavy atom. The van der Waals surface area contributed by atoms with Crippen LogP contribution in [-0.4, -0.2) is 35.7 Å². The van der Waals surface area contributed by atoms with E-state index >= 15 is 0 Å². The summed E-state index contributed by atoms with van der Waals surface area (Å²) in [5, 5.41) is 3.05. The molecular formula is C18H28N2O2. The first kappa shape index (κ1) is 16.8. The van der Waals surface area contributed by atoms with E-state index in [1.807, 2.05) is 26.8 Å². The lowest BCUT2D eigenvalue weighted by Crippen LogP contribution is -2.43. The number of hydrogen-bond acceptors (Lipinski definition) is 3. The quantitative estimate of drug-likeness (QED) is 0.926. The summed E-state index contributed by atoms with van der Waals surface area (Å²) in [4.78, 5) is 14.4. The minimum absolute atomic E-state index is 0.170. The number of carbonyl (C=O) groups excluding carboxylic acids is 1. The lowest BCUT2D eigenvalue weighted by molar-refractivity contribution is 0.0495. The fraction of sp³-hybridized carbons (Fsp3) is 0.611. The highest BCUT2D eigenvalue weighted by Crippen LogP contribution is 2.22. The van der Waals surface area contributed by atoms with Gasteiger partial charge in [0.1, 0.15) is 5.60 Å². The Labute approximate surface area is 133 Å². The van der Waals surface area contributed by atoms with Gasteiger partial charge in [0, 0.05) is 25.7 Å². The summed E-state index contributed by atoms with van der Waals surface area (Å²) in [6.07, 6.45) is 0.753. The van der Waals surface area contributed by atoms with Gasteiger partial charge in [-0.1, -0.05) is 43.7 Å². The first-order valence-corrected chi connectivity index (χ1v) is 8.13. The van der Waals surface area contributed by atoms with Crippen molar-refractivity contribution in [1.29, 1.82) is 0 Å². The van der Waals surface area contributed by atoms with Crippen LogP contribution in [0.5, 0.6) is 0 Å². The molecule has 4 nitrogen and oxygen atoms in total. The van der Waals surface area contributed by atoms with Gasteiger partial charge in [0.05, 0.1) is 0 Å². The summed E-state index contributed by atoms with van der Waals surface area (Å²) in [5.74, 6) is 0.483. The molecule has 0 radical (unpaired) electrons. The second kappa shape index (κ2) is 7.14. The third-order valence-electron chi connectivity index (χ3n) is 3.99. The molecule has 2 atom stereocenters. The normalized spacial score (nSPS) is 22.5. The first-order valence-electron chi connectivity index (χ1n) is 8.13. The van der Waals surface area contributed by atoms with Crippen molar-refractivity contribution in [2.75, 3.05) is 13.1 Å². The van der Waals surface area contributed by atoms with Gasteiger partial charge in [0.15, 0.2) is 0 Å². The van der Waals surface area contributed by atoms with Crippen LogP contribution in [0.1, 0.15) is 39.7 Å². The summed E-state index contributed by atoms with van der Waals surface area (Å²) in [6, 6.07) is 10.6. The van der Waals surface area contributed by atoms with Gasteiger partial charge >= 0.3 is 6.09 Å². The first-order chi connectivity index (χ1) is 10.4. The third-order valence-corrected chi connectivity index (χ3v) is 3.99. The monoisotopic (exact) mass is 304 g/mol. The molecular weight excluding hydrogens is 276 g/mol. The van der Waals surface area contributed by atoms with Crippen LogP contribution in [-0.2, 0) is 11.3 Å². The van der Waals surface area contributed by atoms with Crippen LogP contribution >= 0.6 is 0 Å². The van der Waals surface area contributed by atoms with Gasteiger partial charge in [0.2, 0.25) is 0 Å². The van der Waals surface area contributed by atoms with Gasteiger partial charge < -0.3 is 10.1 Å². The third kappa shape index (κ3) is 5.02. The van der Waals surface area contributed by atoms with Crippen molar-refractivity contribution in [3.63, 3.8) is 0 Å². The molecule has 0 saturated carbocycles. The molecule has 2 unspecified atom stereocenters. The van der Waals surface area contributed by atoms with Crippen molar-refractivity contribution in [3.8, 4) is 0 Å². The fourth-order valence-electron chi connectivity index (χ4n) is 2.97. The molecule has 0 aliphatic carbocycles. The molecule has 0 bridgehead atoms. The Bertz CT molecular complexity index is 482. The van der Waals surface area contributed by atoms with E-state index in [-0.39, 0.29) is 12.1 Å². The SMILES string of the molecule is CCC1CN(Cc2ccccc2)CC1NC(=O)OC(C)(C)C. The van der Waals surface area contributed by atoms with E-state index < -0.39 is 5.60 Å². The molecule has 4 heteroatoms. The molecule has 1 aromatic carbocycles. The van der Waals surface area contributed by atoms with Crippen molar-refractivity contribution >= 4 is 6.09 Å². The number of ether oxygens (including phenoxy) is 1. The van der Waals surface area contributed by atoms with Gasteiger partial charge in [0.25, 0.3) is 0 Å². The number of nitrogens with zero attached hydrogens (tertiary/aromatic N) is 1. The zero-order chi connectivity index (χ0) is 16.2. The van der Waals surface area contributed by atoms with Gasteiger partial charge in [-0.05, 0) is 32.3 Å². The average molecular weight is 304 g/mol.